The fourth-order valence-electron chi connectivity index (χ4n) is 3.01. The van der Waals surface area contributed by atoms with Crippen LogP contribution in [0.4, 0.5) is 0 Å². The van der Waals surface area contributed by atoms with Gasteiger partial charge in [-0.05, 0) is 55.2 Å². The summed E-state index contributed by atoms with van der Waals surface area (Å²) in [5, 5.41) is 4.57. The van der Waals surface area contributed by atoms with Crippen LogP contribution in [0.15, 0.2) is 18.2 Å². The fraction of sp³-hybridized carbons (Fsp3) is 0.625. The molecule has 3 atom stereocenters. The van der Waals surface area contributed by atoms with Crippen molar-refractivity contribution in [2.45, 2.75) is 52.6 Å². The molecule has 0 radical (unpaired) electrons. The molecule has 1 N–H and O–H groups in total. The van der Waals surface area contributed by atoms with Gasteiger partial charge in [-0.15, -0.1) is 0 Å². The van der Waals surface area contributed by atoms with Gasteiger partial charge in [0.15, 0.2) is 0 Å². The van der Waals surface area contributed by atoms with E-state index in [0.717, 1.165) is 23.4 Å². The summed E-state index contributed by atoms with van der Waals surface area (Å²) in [6.45, 7) is 7.70. The molecule has 1 aliphatic carbocycles. The Morgan fingerprint density at radius 3 is 2.72 bits per heavy atom. The standard InChI is InChI=1S/C16H24ClN/c1-11-5-7-16(13(3)8-11)18-10-14-6-4-12(2)9-15(14)17/h4,6,9,11,13,16,18H,5,7-8,10H2,1-3H3. The van der Waals surface area contributed by atoms with E-state index in [0.29, 0.717) is 6.04 Å². The molecule has 1 fully saturated rings. The smallest absolute Gasteiger partial charge is 0.0453 e. The summed E-state index contributed by atoms with van der Waals surface area (Å²) >= 11 is 6.27. The molecule has 0 heterocycles. The number of aryl methyl sites for hydroxylation is 1. The van der Waals surface area contributed by atoms with Crippen LogP contribution in [0, 0.1) is 18.8 Å². The number of hydrogen-bond donors (Lipinski definition) is 1. The van der Waals surface area contributed by atoms with Gasteiger partial charge in [-0.3, -0.25) is 0 Å². The fourth-order valence-corrected chi connectivity index (χ4v) is 3.31. The molecule has 0 aromatic heterocycles. The first-order valence-corrected chi connectivity index (χ1v) is 7.42. The highest BCUT2D eigenvalue weighted by Crippen LogP contribution is 2.29. The molecule has 1 aliphatic rings. The van der Waals surface area contributed by atoms with Crippen molar-refractivity contribution >= 4 is 11.6 Å². The highest BCUT2D eigenvalue weighted by molar-refractivity contribution is 6.31. The van der Waals surface area contributed by atoms with E-state index in [-0.39, 0.29) is 0 Å². The Morgan fingerprint density at radius 2 is 2.06 bits per heavy atom. The van der Waals surface area contributed by atoms with Gasteiger partial charge < -0.3 is 5.32 Å². The second-order valence-corrected chi connectivity index (χ2v) is 6.38. The lowest BCUT2D eigenvalue weighted by Crippen LogP contribution is -2.38. The highest BCUT2D eigenvalue weighted by atomic mass is 35.5. The summed E-state index contributed by atoms with van der Waals surface area (Å²) in [7, 11) is 0. The third-order valence-electron chi connectivity index (χ3n) is 4.19. The zero-order valence-corrected chi connectivity index (χ0v) is 12.4. The molecular weight excluding hydrogens is 242 g/mol. The molecule has 1 aromatic rings. The molecule has 2 heteroatoms. The molecule has 1 nitrogen and oxygen atoms in total. The summed E-state index contributed by atoms with van der Waals surface area (Å²) in [5.74, 6) is 1.67. The maximum absolute atomic E-state index is 6.27. The van der Waals surface area contributed by atoms with E-state index < -0.39 is 0 Å². The van der Waals surface area contributed by atoms with Gasteiger partial charge in [0.25, 0.3) is 0 Å². The van der Waals surface area contributed by atoms with Crippen LogP contribution in [0.5, 0.6) is 0 Å². The lowest BCUT2D eigenvalue weighted by atomic mass is 9.80. The third kappa shape index (κ3) is 3.49. The van der Waals surface area contributed by atoms with Crippen molar-refractivity contribution < 1.29 is 0 Å². The molecule has 3 unspecified atom stereocenters. The van der Waals surface area contributed by atoms with Crippen LogP contribution in [-0.4, -0.2) is 6.04 Å². The Bertz CT molecular complexity index is 402. The zero-order chi connectivity index (χ0) is 13.1. The molecule has 2 rings (SSSR count). The van der Waals surface area contributed by atoms with Crippen molar-refractivity contribution in [2.24, 2.45) is 11.8 Å². The van der Waals surface area contributed by atoms with Gasteiger partial charge in [-0.25, -0.2) is 0 Å². The van der Waals surface area contributed by atoms with E-state index in [1.54, 1.807) is 0 Å². The minimum Gasteiger partial charge on any atom is -0.310 e. The summed E-state index contributed by atoms with van der Waals surface area (Å²) in [6.07, 6.45) is 3.99. The number of benzene rings is 1. The van der Waals surface area contributed by atoms with Crippen LogP contribution in [0.2, 0.25) is 5.02 Å². The normalized spacial score (nSPS) is 28.3. The summed E-state index contributed by atoms with van der Waals surface area (Å²) < 4.78 is 0. The Balaban J connectivity index is 1.91. The molecule has 0 saturated heterocycles. The molecule has 0 spiro atoms. The van der Waals surface area contributed by atoms with E-state index in [2.05, 4.69) is 38.2 Å². The van der Waals surface area contributed by atoms with Gasteiger partial charge in [-0.2, -0.15) is 0 Å². The monoisotopic (exact) mass is 265 g/mol. The number of rotatable bonds is 3. The van der Waals surface area contributed by atoms with Crippen molar-refractivity contribution in [3.63, 3.8) is 0 Å². The second-order valence-electron chi connectivity index (χ2n) is 5.98. The van der Waals surface area contributed by atoms with E-state index in [4.69, 9.17) is 11.6 Å². The summed E-state index contributed by atoms with van der Waals surface area (Å²) in [6, 6.07) is 6.97. The van der Waals surface area contributed by atoms with E-state index in [9.17, 15) is 0 Å². The van der Waals surface area contributed by atoms with Crippen LogP contribution in [-0.2, 0) is 6.54 Å². The van der Waals surface area contributed by atoms with E-state index in [1.807, 2.05) is 6.07 Å². The van der Waals surface area contributed by atoms with E-state index >= 15 is 0 Å². The maximum atomic E-state index is 6.27. The van der Waals surface area contributed by atoms with Gasteiger partial charge >= 0.3 is 0 Å². The Morgan fingerprint density at radius 1 is 1.28 bits per heavy atom. The van der Waals surface area contributed by atoms with Gasteiger partial charge in [-0.1, -0.05) is 37.6 Å². The summed E-state index contributed by atoms with van der Waals surface area (Å²) in [5.41, 5.74) is 2.44. The maximum Gasteiger partial charge on any atom is 0.0453 e. The van der Waals surface area contributed by atoms with Gasteiger partial charge in [0.1, 0.15) is 0 Å². The lowest BCUT2D eigenvalue weighted by Gasteiger charge is -2.33. The molecule has 0 aliphatic heterocycles. The SMILES string of the molecule is Cc1ccc(CNC2CCC(C)CC2C)c(Cl)c1. The number of halogens is 1. The quantitative estimate of drug-likeness (QED) is 0.845. The summed E-state index contributed by atoms with van der Waals surface area (Å²) in [4.78, 5) is 0. The van der Waals surface area contributed by atoms with Crippen LogP contribution < -0.4 is 5.32 Å². The van der Waals surface area contributed by atoms with Crippen molar-refractivity contribution in [1.82, 2.24) is 5.32 Å². The Hall–Kier alpha value is -0.530. The average molecular weight is 266 g/mol. The first-order chi connectivity index (χ1) is 8.56. The highest BCUT2D eigenvalue weighted by Gasteiger charge is 2.24. The number of nitrogens with one attached hydrogen (secondary N) is 1. The minimum atomic E-state index is 0.651. The first-order valence-electron chi connectivity index (χ1n) is 7.04. The van der Waals surface area contributed by atoms with Crippen LogP contribution in [0.25, 0.3) is 0 Å². The van der Waals surface area contributed by atoms with Gasteiger partial charge in [0.2, 0.25) is 0 Å². The van der Waals surface area contributed by atoms with E-state index in [1.165, 1.54) is 30.4 Å². The molecule has 1 saturated carbocycles. The Kier molecular flexibility index (Phi) is 4.69. The predicted molar refractivity (Wildman–Crippen MR) is 79.0 cm³/mol. The largest absolute Gasteiger partial charge is 0.310 e. The molecule has 0 bridgehead atoms. The first kappa shape index (κ1) is 13.9. The van der Waals surface area contributed by atoms with Gasteiger partial charge in [0.05, 0.1) is 0 Å². The minimum absolute atomic E-state index is 0.651. The lowest BCUT2D eigenvalue weighted by molar-refractivity contribution is 0.227. The van der Waals surface area contributed by atoms with Gasteiger partial charge in [0, 0.05) is 17.6 Å². The third-order valence-corrected chi connectivity index (χ3v) is 4.55. The topological polar surface area (TPSA) is 12.0 Å². The van der Waals surface area contributed by atoms with Crippen LogP contribution in [0.1, 0.15) is 44.2 Å². The zero-order valence-electron chi connectivity index (χ0n) is 11.7. The average Bonchev–Trinajstić information content (AvgIpc) is 2.30. The number of hydrogen-bond acceptors (Lipinski definition) is 1. The molecule has 18 heavy (non-hydrogen) atoms. The predicted octanol–water partition coefficient (Wildman–Crippen LogP) is 4.56. The van der Waals surface area contributed by atoms with Crippen molar-refractivity contribution in [1.29, 1.82) is 0 Å². The molecule has 100 valence electrons. The second kappa shape index (κ2) is 6.08. The van der Waals surface area contributed by atoms with Crippen molar-refractivity contribution in [3.05, 3.63) is 34.3 Å². The molecule has 0 amide bonds. The van der Waals surface area contributed by atoms with Crippen LogP contribution in [0.3, 0.4) is 0 Å². The Labute approximate surface area is 116 Å². The van der Waals surface area contributed by atoms with Crippen molar-refractivity contribution in [3.8, 4) is 0 Å². The molecular formula is C16H24ClN. The van der Waals surface area contributed by atoms with Crippen LogP contribution >= 0.6 is 11.6 Å². The molecule has 1 aromatic carbocycles. The van der Waals surface area contributed by atoms with Crippen molar-refractivity contribution in [2.75, 3.05) is 0 Å².